The fourth-order valence-electron chi connectivity index (χ4n) is 3.30. The minimum atomic E-state index is -0.242. The normalized spacial score (nSPS) is 14.3. The highest BCUT2D eigenvalue weighted by Gasteiger charge is 2.29. The van der Waals surface area contributed by atoms with Gasteiger partial charge in [-0.25, -0.2) is 0 Å². The Labute approximate surface area is 157 Å². The van der Waals surface area contributed by atoms with Crippen molar-refractivity contribution >= 4 is 23.4 Å². The van der Waals surface area contributed by atoms with Crippen LogP contribution in [0.15, 0.2) is 60.0 Å². The lowest BCUT2D eigenvalue weighted by Gasteiger charge is -2.21. The number of anilines is 1. The third-order valence-electron chi connectivity index (χ3n) is 4.67. The summed E-state index contributed by atoms with van der Waals surface area (Å²) in [5, 5.41) is 8.77. The third kappa shape index (κ3) is 3.01. The van der Waals surface area contributed by atoms with Gasteiger partial charge in [-0.3, -0.25) is 9.36 Å². The molecular weight excluding hydrogens is 344 g/mol. The molecule has 0 spiro atoms. The fraction of sp³-hybridized carbons (Fsp3) is 0.250. The summed E-state index contributed by atoms with van der Waals surface area (Å²) in [6.07, 6.45) is 2.62. The Morgan fingerprint density at radius 1 is 1.12 bits per heavy atom. The summed E-state index contributed by atoms with van der Waals surface area (Å²) in [6.45, 7) is 4.73. The van der Waals surface area contributed by atoms with Crippen molar-refractivity contribution in [3.8, 4) is 5.69 Å². The van der Waals surface area contributed by atoms with Gasteiger partial charge in [-0.05, 0) is 43.5 Å². The Hall–Kier alpha value is -2.60. The second-order valence-corrected chi connectivity index (χ2v) is 7.71. The summed E-state index contributed by atoms with van der Waals surface area (Å²) in [5.41, 5.74) is 4.44. The topological polar surface area (TPSA) is 51.0 Å². The smallest absolute Gasteiger partial charge is 0.240 e. The maximum Gasteiger partial charge on any atom is 0.240 e. The number of benzene rings is 2. The lowest BCUT2D eigenvalue weighted by atomic mass is 10.2. The molecule has 0 fully saturated rings. The molecule has 0 N–H and O–H groups in total. The Bertz CT molecular complexity index is 952. The fourth-order valence-corrected chi connectivity index (χ4v) is 4.20. The average molecular weight is 364 g/mol. The number of nitrogens with zero attached hydrogens (tertiary/aromatic N) is 4. The molecule has 2 aromatic carbocycles. The van der Waals surface area contributed by atoms with E-state index in [0.29, 0.717) is 0 Å². The summed E-state index contributed by atoms with van der Waals surface area (Å²) < 4.78 is 1.95. The molecule has 0 saturated carbocycles. The van der Waals surface area contributed by atoms with E-state index in [2.05, 4.69) is 29.3 Å². The minimum Gasteiger partial charge on any atom is -0.311 e. The Balaban J connectivity index is 1.55. The monoisotopic (exact) mass is 364 g/mol. The number of carbonyl (C=O) groups is 1. The van der Waals surface area contributed by atoms with Crippen molar-refractivity contribution < 1.29 is 4.79 Å². The minimum absolute atomic E-state index is 0.110. The number of hydrogen-bond acceptors (Lipinski definition) is 4. The number of thioether (sulfide) groups is 1. The van der Waals surface area contributed by atoms with E-state index < -0.39 is 0 Å². The summed E-state index contributed by atoms with van der Waals surface area (Å²) in [7, 11) is 0. The number of para-hydroxylation sites is 2. The number of amides is 1. The maximum absolute atomic E-state index is 13.0. The number of rotatable bonds is 4. The van der Waals surface area contributed by atoms with Crippen LogP contribution < -0.4 is 4.90 Å². The predicted molar refractivity (Wildman–Crippen MR) is 104 cm³/mol. The van der Waals surface area contributed by atoms with Crippen molar-refractivity contribution in [3.63, 3.8) is 0 Å². The zero-order valence-corrected chi connectivity index (χ0v) is 15.6. The second kappa shape index (κ2) is 6.96. The van der Waals surface area contributed by atoms with Gasteiger partial charge in [0, 0.05) is 12.2 Å². The number of hydrogen-bond donors (Lipinski definition) is 0. The number of carbonyl (C=O) groups excluding carboxylic acids is 1. The maximum atomic E-state index is 13.0. The third-order valence-corrected chi connectivity index (χ3v) is 5.72. The molecule has 26 heavy (non-hydrogen) atoms. The number of aryl methyl sites for hydroxylation is 1. The first kappa shape index (κ1) is 16.8. The van der Waals surface area contributed by atoms with E-state index in [-0.39, 0.29) is 11.2 Å². The van der Waals surface area contributed by atoms with Crippen LogP contribution in [0.25, 0.3) is 5.69 Å². The average Bonchev–Trinajstić information content (AvgIpc) is 3.28. The zero-order chi connectivity index (χ0) is 18.1. The molecule has 0 bridgehead atoms. The van der Waals surface area contributed by atoms with Crippen LogP contribution in [0, 0.1) is 6.92 Å². The van der Waals surface area contributed by atoms with Crippen LogP contribution in [-0.4, -0.2) is 32.5 Å². The number of aromatic nitrogens is 3. The lowest BCUT2D eigenvalue weighted by Crippen LogP contribution is -2.35. The van der Waals surface area contributed by atoms with Crippen molar-refractivity contribution in [1.82, 2.24) is 14.8 Å². The molecule has 132 valence electrons. The molecule has 2 heterocycles. The largest absolute Gasteiger partial charge is 0.311 e. The first-order chi connectivity index (χ1) is 12.6. The van der Waals surface area contributed by atoms with Crippen LogP contribution in [-0.2, 0) is 11.2 Å². The molecule has 1 aliphatic rings. The van der Waals surface area contributed by atoms with Gasteiger partial charge in [-0.1, -0.05) is 48.2 Å². The van der Waals surface area contributed by atoms with Gasteiger partial charge in [-0.2, -0.15) is 0 Å². The molecule has 0 unspecified atom stereocenters. The van der Waals surface area contributed by atoms with E-state index in [0.717, 1.165) is 35.1 Å². The van der Waals surface area contributed by atoms with Crippen LogP contribution in [0.1, 0.15) is 18.1 Å². The van der Waals surface area contributed by atoms with E-state index in [1.54, 1.807) is 6.33 Å². The first-order valence-electron chi connectivity index (χ1n) is 8.67. The summed E-state index contributed by atoms with van der Waals surface area (Å²) in [6, 6.07) is 16.2. The molecule has 5 nitrogen and oxygen atoms in total. The Morgan fingerprint density at radius 3 is 2.65 bits per heavy atom. The van der Waals surface area contributed by atoms with Gasteiger partial charge in [0.25, 0.3) is 0 Å². The second-order valence-electron chi connectivity index (χ2n) is 6.40. The van der Waals surface area contributed by atoms with Crippen molar-refractivity contribution in [2.24, 2.45) is 0 Å². The molecule has 0 radical (unpaired) electrons. The van der Waals surface area contributed by atoms with Crippen molar-refractivity contribution in [2.45, 2.75) is 30.7 Å². The Kier molecular flexibility index (Phi) is 4.51. The quantitative estimate of drug-likeness (QED) is 0.663. The van der Waals surface area contributed by atoms with Gasteiger partial charge in [0.2, 0.25) is 5.91 Å². The molecule has 0 aliphatic carbocycles. The van der Waals surface area contributed by atoms with Crippen LogP contribution in [0.2, 0.25) is 0 Å². The summed E-state index contributed by atoms with van der Waals surface area (Å²) in [5.74, 6) is 0.110. The first-order valence-corrected chi connectivity index (χ1v) is 9.55. The molecule has 3 aromatic rings. The summed E-state index contributed by atoms with van der Waals surface area (Å²) in [4.78, 5) is 14.9. The molecule has 6 heteroatoms. The van der Waals surface area contributed by atoms with Crippen molar-refractivity contribution in [2.75, 3.05) is 11.4 Å². The van der Waals surface area contributed by atoms with Crippen LogP contribution in [0.3, 0.4) is 0 Å². The Morgan fingerprint density at radius 2 is 1.85 bits per heavy atom. The molecule has 1 atom stereocenters. The highest BCUT2D eigenvalue weighted by molar-refractivity contribution is 8.00. The zero-order valence-electron chi connectivity index (χ0n) is 14.8. The molecule has 0 saturated heterocycles. The van der Waals surface area contributed by atoms with Gasteiger partial charge >= 0.3 is 0 Å². The van der Waals surface area contributed by atoms with E-state index in [1.807, 2.05) is 52.8 Å². The van der Waals surface area contributed by atoms with Crippen molar-refractivity contribution in [1.29, 1.82) is 0 Å². The highest BCUT2D eigenvalue weighted by Crippen LogP contribution is 2.31. The lowest BCUT2D eigenvalue weighted by molar-refractivity contribution is -0.117. The van der Waals surface area contributed by atoms with E-state index >= 15 is 0 Å². The standard InChI is InChI=1S/C20H20N4OS/c1-14-7-3-5-9-17(14)24-13-21-22-20(24)26-15(2)19(25)23-12-11-16-8-4-6-10-18(16)23/h3-10,13,15H,11-12H2,1-2H3/t15-/m0/s1. The summed E-state index contributed by atoms with van der Waals surface area (Å²) >= 11 is 1.45. The van der Waals surface area contributed by atoms with Gasteiger partial charge in [0.15, 0.2) is 5.16 Å². The van der Waals surface area contributed by atoms with E-state index in [9.17, 15) is 4.79 Å². The van der Waals surface area contributed by atoms with Gasteiger partial charge in [0.05, 0.1) is 10.9 Å². The molecular formula is C20H20N4OS. The SMILES string of the molecule is Cc1ccccc1-n1cnnc1S[C@@H](C)C(=O)N1CCc2ccccc21. The number of fused-ring (bicyclic) bond motifs is 1. The van der Waals surface area contributed by atoms with Crippen LogP contribution in [0.4, 0.5) is 5.69 Å². The van der Waals surface area contributed by atoms with Gasteiger partial charge < -0.3 is 4.90 Å². The predicted octanol–water partition coefficient (Wildman–Crippen LogP) is 3.65. The van der Waals surface area contributed by atoms with Crippen LogP contribution >= 0.6 is 11.8 Å². The van der Waals surface area contributed by atoms with Crippen LogP contribution in [0.5, 0.6) is 0 Å². The van der Waals surface area contributed by atoms with E-state index in [1.165, 1.54) is 17.3 Å². The molecule has 1 amide bonds. The molecule has 1 aliphatic heterocycles. The van der Waals surface area contributed by atoms with Crippen molar-refractivity contribution in [3.05, 3.63) is 66.0 Å². The van der Waals surface area contributed by atoms with Gasteiger partial charge in [-0.15, -0.1) is 10.2 Å². The highest BCUT2D eigenvalue weighted by atomic mass is 32.2. The molecule has 4 rings (SSSR count). The van der Waals surface area contributed by atoms with E-state index in [4.69, 9.17) is 0 Å². The van der Waals surface area contributed by atoms with Gasteiger partial charge in [0.1, 0.15) is 6.33 Å². The molecule has 1 aromatic heterocycles.